The molecule has 2 aromatic carbocycles. The van der Waals surface area contributed by atoms with Crippen molar-refractivity contribution in [2.45, 2.75) is 26.1 Å². The van der Waals surface area contributed by atoms with Crippen molar-refractivity contribution in [3.05, 3.63) is 70.9 Å². The zero-order chi connectivity index (χ0) is 22.9. The van der Waals surface area contributed by atoms with Gasteiger partial charge in [-0.1, -0.05) is 12.1 Å². The molecule has 4 aromatic rings. The summed E-state index contributed by atoms with van der Waals surface area (Å²) < 4.78 is 45.8. The van der Waals surface area contributed by atoms with E-state index in [2.05, 4.69) is 4.98 Å². The average Bonchev–Trinajstić information content (AvgIpc) is 3.30. The van der Waals surface area contributed by atoms with Crippen molar-refractivity contribution in [1.29, 1.82) is 0 Å². The molecule has 0 fully saturated rings. The molecule has 32 heavy (non-hydrogen) atoms. The van der Waals surface area contributed by atoms with Gasteiger partial charge >= 0.3 is 12.1 Å². The van der Waals surface area contributed by atoms with Gasteiger partial charge in [-0.3, -0.25) is 4.79 Å². The van der Waals surface area contributed by atoms with Crippen LogP contribution in [0.5, 0.6) is 5.75 Å². The fourth-order valence-electron chi connectivity index (χ4n) is 3.40. The number of hydrogen-bond acceptors (Lipinski definition) is 4. The Labute approximate surface area is 185 Å². The molecule has 5 nitrogen and oxygen atoms in total. The molecule has 0 radical (unpaired) electrons. The summed E-state index contributed by atoms with van der Waals surface area (Å²) in [5.74, 6) is -0.228. The quantitative estimate of drug-likeness (QED) is 0.379. The van der Waals surface area contributed by atoms with E-state index in [0.29, 0.717) is 29.3 Å². The molecule has 166 valence electrons. The minimum Gasteiger partial charge on any atom is -0.493 e. The first-order valence-electron chi connectivity index (χ1n) is 9.78. The van der Waals surface area contributed by atoms with Crippen LogP contribution in [0.3, 0.4) is 0 Å². The number of rotatable bonds is 7. The van der Waals surface area contributed by atoms with E-state index in [1.165, 1.54) is 23.5 Å². The maximum absolute atomic E-state index is 12.8. The lowest BCUT2D eigenvalue weighted by Crippen LogP contribution is -2.07. The van der Waals surface area contributed by atoms with Gasteiger partial charge in [-0.2, -0.15) is 13.2 Å². The number of nitrogens with zero attached hydrogens (tertiary/aromatic N) is 2. The minimum atomic E-state index is -4.36. The number of carboxylic acid groups (broad SMARTS) is 1. The second-order valence-corrected chi connectivity index (χ2v) is 8.34. The van der Waals surface area contributed by atoms with Crippen molar-refractivity contribution in [1.82, 2.24) is 9.55 Å². The molecule has 0 unspecified atom stereocenters. The molecule has 0 saturated carbocycles. The molecule has 0 aliphatic carbocycles. The van der Waals surface area contributed by atoms with E-state index in [-0.39, 0.29) is 6.54 Å². The Kier molecular flexibility index (Phi) is 5.92. The van der Waals surface area contributed by atoms with Gasteiger partial charge < -0.3 is 14.4 Å². The maximum Gasteiger partial charge on any atom is 0.416 e. The summed E-state index contributed by atoms with van der Waals surface area (Å²) in [5, 5.41) is 10.5. The first-order valence-corrected chi connectivity index (χ1v) is 10.6. The number of carboxylic acids is 1. The van der Waals surface area contributed by atoms with Crippen molar-refractivity contribution >= 4 is 28.2 Å². The van der Waals surface area contributed by atoms with E-state index in [1.54, 1.807) is 16.8 Å². The molecule has 0 bridgehead atoms. The lowest BCUT2D eigenvalue weighted by Gasteiger charge is -2.07. The van der Waals surface area contributed by atoms with Gasteiger partial charge in [-0.25, -0.2) is 4.98 Å². The number of benzene rings is 2. The standard InChI is InChI=1S/C23H19F3N2O3S/c1-14-20(32-22(27-14)15-2-4-17(5-3-15)23(24,25)26)9-11-31-18-6-7-19-16(12-18)8-10-28(19)13-21(29)30/h2-8,10,12H,9,11,13H2,1H3,(H,29,30). The topological polar surface area (TPSA) is 64.4 Å². The van der Waals surface area contributed by atoms with Crippen molar-refractivity contribution in [3.63, 3.8) is 0 Å². The van der Waals surface area contributed by atoms with Gasteiger partial charge in [0.25, 0.3) is 0 Å². The number of fused-ring (bicyclic) bond motifs is 1. The molecule has 0 aliphatic rings. The van der Waals surface area contributed by atoms with Gasteiger partial charge in [0.1, 0.15) is 17.3 Å². The monoisotopic (exact) mass is 460 g/mol. The molecular weight excluding hydrogens is 441 g/mol. The number of carbonyl (C=O) groups is 1. The fourth-order valence-corrected chi connectivity index (χ4v) is 4.45. The summed E-state index contributed by atoms with van der Waals surface area (Å²) in [4.78, 5) is 16.4. The number of thiazole rings is 1. The summed E-state index contributed by atoms with van der Waals surface area (Å²) in [6, 6.07) is 12.3. The van der Waals surface area contributed by atoms with Crippen LogP contribution in [0.15, 0.2) is 54.7 Å². The summed E-state index contributed by atoms with van der Waals surface area (Å²) in [5.41, 5.74) is 1.61. The highest BCUT2D eigenvalue weighted by Gasteiger charge is 2.30. The van der Waals surface area contributed by atoms with Crippen LogP contribution < -0.4 is 4.74 Å². The van der Waals surface area contributed by atoms with Gasteiger partial charge in [0.05, 0.1) is 17.9 Å². The van der Waals surface area contributed by atoms with Crippen LogP contribution in [0.1, 0.15) is 16.1 Å². The molecule has 0 atom stereocenters. The Bertz CT molecular complexity index is 1260. The van der Waals surface area contributed by atoms with Gasteiger partial charge in [-0.05, 0) is 43.3 Å². The van der Waals surface area contributed by atoms with Crippen molar-refractivity contribution < 1.29 is 27.8 Å². The Hall–Kier alpha value is -3.33. The Morgan fingerprint density at radius 2 is 1.91 bits per heavy atom. The molecule has 0 aliphatic heterocycles. The molecule has 9 heteroatoms. The van der Waals surface area contributed by atoms with E-state index in [0.717, 1.165) is 33.6 Å². The lowest BCUT2D eigenvalue weighted by atomic mass is 10.1. The molecule has 1 N–H and O–H groups in total. The number of alkyl halides is 3. The largest absolute Gasteiger partial charge is 0.493 e. The van der Waals surface area contributed by atoms with Crippen LogP contribution in [-0.4, -0.2) is 27.2 Å². The highest BCUT2D eigenvalue weighted by atomic mass is 32.1. The molecular formula is C23H19F3N2O3S. The summed E-state index contributed by atoms with van der Waals surface area (Å²) in [6.07, 6.45) is -2.02. The molecule has 2 heterocycles. The van der Waals surface area contributed by atoms with Crippen molar-refractivity contribution in [2.75, 3.05) is 6.61 Å². The second kappa shape index (κ2) is 8.66. The highest BCUT2D eigenvalue weighted by Crippen LogP contribution is 2.33. The van der Waals surface area contributed by atoms with Crippen molar-refractivity contribution in [2.24, 2.45) is 0 Å². The van der Waals surface area contributed by atoms with Gasteiger partial charge in [0.15, 0.2) is 0 Å². The van der Waals surface area contributed by atoms with E-state index in [4.69, 9.17) is 9.84 Å². The van der Waals surface area contributed by atoms with E-state index >= 15 is 0 Å². The van der Waals surface area contributed by atoms with Crippen LogP contribution in [0.4, 0.5) is 13.2 Å². The minimum absolute atomic E-state index is 0.102. The molecule has 2 aromatic heterocycles. The zero-order valence-corrected chi connectivity index (χ0v) is 17.8. The summed E-state index contributed by atoms with van der Waals surface area (Å²) in [7, 11) is 0. The Morgan fingerprint density at radius 1 is 1.16 bits per heavy atom. The SMILES string of the molecule is Cc1nc(-c2ccc(C(F)(F)F)cc2)sc1CCOc1ccc2c(ccn2CC(=O)O)c1. The highest BCUT2D eigenvalue weighted by molar-refractivity contribution is 7.15. The number of hydrogen-bond donors (Lipinski definition) is 1. The van der Waals surface area contributed by atoms with E-state index in [1.807, 2.05) is 25.1 Å². The van der Waals surface area contributed by atoms with Crippen LogP contribution in [0.25, 0.3) is 21.5 Å². The van der Waals surface area contributed by atoms with E-state index < -0.39 is 17.7 Å². The smallest absolute Gasteiger partial charge is 0.416 e. The second-order valence-electron chi connectivity index (χ2n) is 7.26. The number of aliphatic carboxylic acids is 1. The zero-order valence-electron chi connectivity index (χ0n) is 17.0. The first kappa shape index (κ1) is 21.9. The first-order chi connectivity index (χ1) is 15.2. The number of aromatic nitrogens is 2. The number of ether oxygens (including phenoxy) is 1. The van der Waals surface area contributed by atoms with Gasteiger partial charge in [0, 0.05) is 34.0 Å². The third-order valence-corrected chi connectivity index (χ3v) is 6.26. The summed E-state index contributed by atoms with van der Waals surface area (Å²) >= 11 is 1.44. The third kappa shape index (κ3) is 4.77. The lowest BCUT2D eigenvalue weighted by molar-refractivity contribution is -0.138. The van der Waals surface area contributed by atoms with E-state index in [9.17, 15) is 18.0 Å². The molecule has 0 amide bonds. The van der Waals surface area contributed by atoms with Crippen molar-refractivity contribution in [3.8, 4) is 16.3 Å². The van der Waals surface area contributed by atoms with Crippen LogP contribution in [0, 0.1) is 6.92 Å². The van der Waals surface area contributed by atoms with Crippen LogP contribution in [-0.2, 0) is 23.9 Å². The average molecular weight is 460 g/mol. The normalized spacial score (nSPS) is 11.8. The van der Waals surface area contributed by atoms with Crippen LogP contribution >= 0.6 is 11.3 Å². The third-order valence-electron chi connectivity index (χ3n) is 5.00. The van der Waals surface area contributed by atoms with Gasteiger partial charge in [-0.15, -0.1) is 11.3 Å². The predicted molar refractivity (Wildman–Crippen MR) is 116 cm³/mol. The Balaban J connectivity index is 1.40. The Morgan fingerprint density at radius 3 is 2.59 bits per heavy atom. The summed E-state index contributed by atoms with van der Waals surface area (Å²) in [6.45, 7) is 2.18. The van der Waals surface area contributed by atoms with Gasteiger partial charge in [0.2, 0.25) is 0 Å². The molecule has 4 rings (SSSR count). The molecule has 0 saturated heterocycles. The predicted octanol–water partition coefficient (Wildman–Crippen LogP) is 5.80. The molecule has 0 spiro atoms. The fraction of sp³-hybridized carbons (Fsp3) is 0.217. The maximum atomic E-state index is 12.8. The number of halogens is 3. The number of aryl methyl sites for hydroxylation is 1. The van der Waals surface area contributed by atoms with Crippen LogP contribution in [0.2, 0.25) is 0 Å².